The number of nitrogens with zero attached hydrogens (tertiary/aromatic N) is 4. The van der Waals surface area contributed by atoms with Crippen LogP contribution in [0, 0.1) is 12.7 Å². The van der Waals surface area contributed by atoms with E-state index in [4.69, 9.17) is 15.2 Å². The maximum absolute atomic E-state index is 13.6. The van der Waals surface area contributed by atoms with E-state index in [9.17, 15) is 14.0 Å². The first kappa shape index (κ1) is 24.3. The molecule has 2 N–H and O–H groups in total. The molecule has 0 radical (unpaired) electrons. The van der Waals surface area contributed by atoms with Gasteiger partial charge in [0.1, 0.15) is 17.0 Å². The molecule has 2 heterocycles. The Balaban J connectivity index is 1.86. The van der Waals surface area contributed by atoms with Gasteiger partial charge in [0, 0.05) is 12.1 Å². The van der Waals surface area contributed by atoms with Crippen molar-refractivity contribution in [3.63, 3.8) is 0 Å². The van der Waals surface area contributed by atoms with E-state index in [-0.39, 0.29) is 23.7 Å². The van der Waals surface area contributed by atoms with Gasteiger partial charge < -0.3 is 15.2 Å². The molecule has 0 aliphatic carbocycles. The zero-order valence-electron chi connectivity index (χ0n) is 19.8. The lowest BCUT2D eigenvalue weighted by Crippen LogP contribution is -2.40. The van der Waals surface area contributed by atoms with E-state index in [2.05, 4.69) is 5.16 Å². The first-order valence-corrected chi connectivity index (χ1v) is 11.6. The third kappa shape index (κ3) is 5.00. The normalized spacial score (nSPS) is 12.1. The van der Waals surface area contributed by atoms with Gasteiger partial charge in [-0.15, -0.1) is 0 Å². The number of aryl methyl sites for hydroxylation is 1. The predicted molar refractivity (Wildman–Crippen MR) is 130 cm³/mol. The molecule has 4 aromatic rings. The Labute approximate surface area is 202 Å². The highest BCUT2D eigenvalue weighted by Crippen LogP contribution is 2.27. The van der Waals surface area contributed by atoms with Crippen molar-refractivity contribution in [2.24, 2.45) is 5.73 Å². The van der Waals surface area contributed by atoms with E-state index in [1.165, 1.54) is 24.3 Å². The van der Waals surface area contributed by atoms with Crippen molar-refractivity contribution in [1.29, 1.82) is 0 Å². The number of benzene rings is 2. The largest absolute Gasteiger partial charge is 0.335 e. The number of nitrogens with two attached hydrogens (primary N) is 1. The molecule has 1 atom stereocenters. The summed E-state index contributed by atoms with van der Waals surface area (Å²) in [4.78, 5) is 33.5. The van der Waals surface area contributed by atoms with Crippen LogP contribution in [0.15, 0.2) is 63.9 Å². The Morgan fingerprint density at radius 1 is 1.17 bits per heavy atom. The first-order chi connectivity index (χ1) is 16.9. The van der Waals surface area contributed by atoms with Crippen LogP contribution >= 0.6 is 0 Å². The van der Waals surface area contributed by atoms with Gasteiger partial charge in [0.05, 0.1) is 18.3 Å². The van der Waals surface area contributed by atoms with Crippen molar-refractivity contribution < 1.29 is 13.7 Å². The Morgan fingerprint density at radius 3 is 2.54 bits per heavy atom. The molecule has 182 valence electrons. The van der Waals surface area contributed by atoms with E-state index < -0.39 is 11.9 Å². The first-order valence-electron chi connectivity index (χ1n) is 11.6. The zero-order chi connectivity index (χ0) is 24.9. The van der Waals surface area contributed by atoms with E-state index in [1.807, 2.05) is 37.3 Å². The lowest BCUT2D eigenvalue weighted by Gasteiger charge is -2.32. The highest BCUT2D eigenvalue weighted by Gasteiger charge is 2.30. The van der Waals surface area contributed by atoms with Gasteiger partial charge in [-0.25, -0.2) is 4.39 Å². The molecular weight excluding hydrogens is 449 g/mol. The minimum Gasteiger partial charge on any atom is -0.335 e. The molecule has 1 amide bonds. The summed E-state index contributed by atoms with van der Waals surface area (Å²) >= 11 is 0. The molecule has 0 bridgehead atoms. The molecule has 0 fully saturated rings. The van der Waals surface area contributed by atoms with Gasteiger partial charge in [-0.3, -0.25) is 14.2 Å². The molecule has 0 saturated carbocycles. The minimum absolute atomic E-state index is 0.137. The fraction of sp³-hybridized carbons (Fsp3) is 0.308. The summed E-state index contributed by atoms with van der Waals surface area (Å²) in [6.07, 6.45) is 1.04. The highest BCUT2D eigenvalue weighted by molar-refractivity contribution is 5.94. The zero-order valence-corrected chi connectivity index (χ0v) is 19.8. The molecule has 0 spiro atoms. The molecular formula is C26H28FN5O3. The molecule has 9 heteroatoms. The number of rotatable bonds is 9. The quantitative estimate of drug-likeness (QED) is 0.393. The maximum atomic E-state index is 13.6. The Bertz CT molecular complexity index is 1370. The number of hydrogen-bond donors (Lipinski definition) is 1. The van der Waals surface area contributed by atoms with Crippen molar-refractivity contribution in [3.05, 3.63) is 93.4 Å². The Hall–Kier alpha value is -3.85. The van der Waals surface area contributed by atoms with Crippen LogP contribution < -0.4 is 11.3 Å². The van der Waals surface area contributed by atoms with Crippen LogP contribution in [0.1, 0.15) is 53.2 Å². The summed E-state index contributed by atoms with van der Waals surface area (Å²) in [5.41, 5.74) is 7.34. The van der Waals surface area contributed by atoms with Crippen LogP contribution in [0.3, 0.4) is 0 Å². The third-order valence-corrected chi connectivity index (χ3v) is 6.00. The van der Waals surface area contributed by atoms with E-state index >= 15 is 0 Å². The fourth-order valence-electron chi connectivity index (χ4n) is 4.22. The molecule has 0 aliphatic rings. The monoisotopic (exact) mass is 477 g/mol. The summed E-state index contributed by atoms with van der Waals surface area (Å²) in [6, 6.07) is 14.4. The van der Waals surface area contributed by atoms with E-state index in [0.29, 0.717) is 48.4 Å². The van der Waals surface area contributed by atoms with Crippen LogP contribution in [-0.2, 0) is 6.54 Å². The number of halogens is 1. The molecule has 2 aromatic heterocycles. The average molecular weight is 478 g/mol. The average Bonchev–Trinajstić information content (AvgIpc) is 3.25. The second kappa shape index (κ2) is 10.6. The van der Waals surface area contributed by atoms with Crippen LogP contribution in [-0.4, -0.2) is 38.6 Å². The van der Waals surface area contributed by atoms with Gasteiger partial charge in [-0.2, -0.15) is 4.98 Å². The van der Waals surface area contributed by atoms with Crippen LogP contribution in [0.25, 0.3) is 11.1 Å². The second-order valence-electron chi connectivity index (χ2n) is 8.37. The molecule has 8 nitrogen and oxygen atoms in total. The van der Waals surface area contributed by atoms with Crippen molar-refractivity contribution >= 4 is 17.0 Å². The van der Waals surface area contributed by atoms with Crippen molar-refractivity contribution in [3.8, 4) is 0 Å². The smallest absolute Gasteiger partial charge is 0.267 e. The van der Waals surface area contributed by atoms with Crippen molar-refractivity contribution in [1.82, 2.24) is 19.6 Å². The summed E-state index contributed by atoms with van der Waals surface area (Å²) in [7, 11) is 0. The lowest BCUT2D eigenvalue weighted by atomic mass is 10.1. The van der Waals surface area contributed by atoms with Crippen LogP contribution in [0.5, 0.6) is 0 Å². The topological polar surface area (TPSA) is 107 Å². The number of carbonyl (C=O) groups excluding carboxylic acids is 1. The summed E-state index contributed by atoms with van der Waals surface area (Å²) in [5, 5.41) is 4.25. The lowest BCUT2D eigenvalue weighted by molar-refractivity contribution is 0.0655. The predicted octanol–water partition coefficient (Wildman–Crippen LogP) is 3.82. The van der Waals surface area contributed by atoms with Gasteiger partial charge in [-0.1, -0.05) is 42.4 Å². The van der Waals surface area contributed by atoms with Crippen molar-refractivity contribution in [2.45, 2.75) is 39.3 Å². The molecule has 4 rings (SSSR count). The van der Waals surface area contributed by atoms with Gasteiger partial charge in [-0.05, 0) is 56.1 Å². The van der Waals surface area contributed by atoms with Crippen molar-refractivity contribution in [2.75, 3.05) is 13.1 Å². The number of carbonyl (C=O) groups is 1. The molecule has 1 unspecified atom stereocenters. The van der Waals surface area contributed by atoms with Gasteiger partial charge in [0.25, 0.3) is 17.2 Å². The van der Waals surface area contributed by atoms with Gasteiger partial charge in [0.2, 0.25) is 0 Å². The van der Waals surface area contributed by atoms with Gasteiger partial charge >= 0.3 is 0 Å². The Morgan fingerprint density at radius 2 is 1.89 bits per heavy atom. The maximum Gasteiger partial charge on any atom is 0.267 e. The van der Waals surface area contributed by atoms with Gasteiger partial charge in [0.15, 0.2) is 0 Å². The molecule has 0 saturated heterocycles. The van der Waals surface area contributed by atoms with E-state index in [1.54, 1.807) is 16.4 Å². The van der Waals surface area contributed by atoms with E-state index in [0.717, 1.165) is 5.56 Å². The summed E-state index contributed by atoms with van der Waals surface area (Å²) in [5.74, 6) is -0.316. The number of hydrogen-bond acceptors (Lipinski definition) is 6. The van der Waals surface area contributed by atoms with Crippen LogP contribution in [0.2, 0.25) is 0 Å². The highest BCUT2D eigenvalue weighted by atomic mass is 19.1. The fourth-order valence-corrected chi connectivity index (χ4v) is 4.22. The molecule has 0 aliphatic heterocycles. The third-order valence-electron chi connectivity index (χ3n) is 6.00. The minimum atomic E-state index is -0.551. The number of aromatic nitrogens is 3. The molecule has 2 aromatic carbocycles. The Kier molecular flexibility index (Phi) is 7.36. The van der Waals surface area contributed by atoms with Crippen LogP contribution in [0.4, 0.5) is 4.39 Å². The summed E-state index contributed by atoms with van der Waals surface area (Å²) in [6.45, 7) is 4.62. The standard InChI is InChI=1S/C26H28FN5O3/c1-3-21(31(15-7-14-28)25(33)19-10-12-20(27)13-11-19)23-29-24-22(17(2)30-35-24)26(34)32(23)16-18-8-5-4-6-9-18/h4-6,8-13,21H,3,7,14-16,28H2,1-2H3. The SMILES string of the molecule is CCC(c1nc2onc(C)c2c(=O)n1Cc1ccccc1)N(CCCN)C(=O)c1ccc(F)cc1. The second-order valence-corrected chi connectivity index (χ2v) is 8.37. The number of fused-ring (bicyclic) bond motifs is 1. The molecule has 35 heavy (non-hydrogen) atoms. The number of amides is 1. The summed E-state index contributed by atoms with van der Waals surface area (Å²) < 4.78 is 20.4.